The first-order valence-electron chi connectivity index (χ1n) is 0.478. The molecule has 0 radical (unpaired) electrons. The summed E-state index contributed by atoms with van der Waals surface area (Å²) in [6.07, 6.45) is 0. The van der Waals surface area contributed by atoms with Crippen molar-refractivity contribution in [2.24, 2.45) is 0 Å². The van der Waals surface area contributed by atoms with Crippen molar-refractivity contribution in [3.05, 3.63) is 0 Å². The predicted octanol–water partition coefficient (Wildman–Crippen LogP) is 3.08. The van der Waals surface area contributed by atoms with E-state index in [1.54, 1.807) is 0 Å². The minimum absolute atomic E-state index is 0. The first-order chi connectivity index (χ1) is 2.00. The molecule has 0 aromatic heterocycles. The van der Waals surface area contributed by atoms with Gasteiger partial charge in [0.15, 0.2) is 0 Å². The minimum atomic E-state index is -3.06. The van der Waals surface area contributed by atoms with Gasteiger partial charge >= 0.3 is 49.6 Å². The van der Waals surface area contributed by atoms with Crippen LogP contribution in [0.4, 0.5) is 0 Å². The van der Waals surface area contributed by atoms with Gasteiger partial charge < -0.3 is 12.3 Å². The van der Waals surface area contributed by atoms with Crippen LogP contribution < -0.4 is 12.3 Å². The Bertz CT molecular complexity index is 25.2. The summed E-state index contributed by atoms with van der Waals surface area (Å²) in [7, 11) is 20.0. The molecular formula is H6Cl4N2Pt+2. The summed E-state index contributed by atoms with van der Waals surface area (Å²) in [5.74, 6) is 0. The standard InChI is InChI=1S/4ClH.2H3N.Pt/h4*1H;2*1H3;/q;;;;;;+6/p-4. The monoisotopic (exact) mass is 369 g/mol. The third kappa shape index (κ3) is 82.7. The van der Waals surface area contributed by atoms with Crippen molar-refractivity contribution >= 4 is 37.7 Å². The molecular weight excluding hydrogens is 365 g/mol. The molecule has 0 heterocycles. The quantitative estimate of drug-likeness (QED) is 0.687. The molecule has 0 aromatic carbocycles. The molecule has 0 amide bonds. The predicted molar refractivity (Wildman–Crippen MR) is 33.5 cm³/mol. The fraction of sp³-hybridized carbons (Fsp3) is 0. The molecule has 0 bridgehead atoms. The normalized spacial score (nSPS) is 10.9. The van der Waals surface area contributed by atoms with Gasteiger partial charge in [-0.2, -0.15) is 0 Å². The molecule has 6 N–H and O–H groups in total. The van der Waals surface area contributed by atoms with Crippen LogP contribution in [0.2, 0.25) is 0 Å². The second-order valence-electron chi connectivity index (χ2n) is 0.271. The molecule has 0 rings (SSSR count). The van der Waals surface area contributed by atoms with E-state index in [-0.39, 0.29) is 12.3 Å². The van der Waals surface area contributed by atoms with Crippen molar-refractivity contribution in [3.63, 3.8) is 0 Å². The van der Waals surface area contributed by atoms with E-state index in [2.05, 4.69) is 0 Å². The van der Waals surface area contributed by atoms with Crippen molar-refractivity contribution in [1.29, 1.82) is 0 Å². The van der Waals surface area contributed by atoms with E-state index in [1.165, 1.54) is 0 Å². The Hall–Kier alpha value is 1.77. The Labute approximate surface area is 61.5 Å². The van der Waals surface area contributed by atoms with E-state index < -0.39 is 11.9 Å². The molecule has 2 nitrogen and oxygen atoms in total. The zero-order chi connectivity index (χ0) is 4.50. The molecule has 7 heavy (non-hydrogen) atoms. The van der Waals surface area contributed by atoms with Gasteiger partial charge in [0.25, 0.3) is 0 Å². The van der Waals surface area contributed by atoms with Gasteiger partial charge in [0.2, 0.25) is 0 Å². The van der Waals surface area contributed by atoms with E-state index in [0.29, 0.717) is 0 Å². The van der Waals surface area contributed by atoms with Crippen LogP contribution in [0.25, 0.3) is 0 Å². The van der Waals surface area contributed by atoms with E-state index >= 15 is 0 Å². The topological polar surface area (TPSA) is 70.0 Å². The number of halogens is 4. The van der Waals surface area contributed by atoms with Crippen LogP contribution in [0.15, 0.2) is 0 Å². The molecule has 0 aromatic rings. The van der Waals surface area contributed by atoms with Crippen molar-refractivity contribution in [2.45, 2.75) is 0 Å². The fourth-order valence-corrected chi connectivity index (χ4v) is 0. The zero-order valence-corrected chi connectivity index (χ0v) is 8.54. The molecule has 0 spiro atoms. The Balaban J connectivity index is -0.0000000800. The second kappa shape index (κ2) is 5.90. The summed E-state index contributed by atoms with van der Waals surface area (Å²) in [5, 5.41) is 0. The zero-order valence-electron chi connectivity index (χ0n) is 3.24. The van der Waals surface area contributed by atoms with Crippen LogP contribution in [-0.4, -0.2) is 0 Å². The number of hydrogen-bond acceptors (Lipinski definition) is 2. The van der Waals surface area contributed by atoms with Crippen LogP contribution in [-0.2, 0) is 11.9 Å². The van der Waals surface area contributed by atoms with Gasteiger partial charge in [-0.1, -0.05) is 0 Å². The van der Waals surface area contributed by atoms with Gasteiger partial charge in [0, 0.05) is 0 Å². The average molecular weight is 371 g/mol. The van der Waals surface area contributed by atoms with Crippen molar-refractivity contribution in [3.8, 4) is 0 Å². The average Bonchev–Trinajstić information content (AvgIpc) is 0.722. The molecule has 0 saturated heterocycles. The molecule has 52 valence electrons. The Morgan fingerprint density at radius 3 is 0.714 bits per heavy atom. The third-order valence-corrected chi connectivity index (χ3v) is 0. The van der Waals surface area contributed by atoms with E-state index in [0.717, 1.165) is 0 Å². The van der Waals surface area contributed by atoms with Gasteiger partial charge in [0.1, 0.15) is 0 Å². The van der Waals surface area contributed by atoms with Gasteiger partial charge in [-0.05, 0) is 0 Å². The molecule has 0 aliphatic carbocycles. The summed E-state index contributed by atoms with van der Waals surface area (Å²) in [6, 6.07) is 0. The first-order valence-corrected chi connectivity index (χ1v) is 11.7. The van der Waals surface area contributed by atoms with Crippen LogP contribution in [0.1, 0.15) is 0 Å². The molecule has 7 heteroatoms. The van der Waals surface area contributed by atoms with Crippen LogP contribution in [0.5, 0.6) is 0 Å². The second-order valence-corrected chi connectivity index (χ2v) is 20.0. The summed E-state index contributed by atoms with van der Waals surface area (Å²) in [4.78, 5) is 0. The maximum atomic E-state index is 5.01. The van der Waals surface area contributed by atoms with E-state index in [9.17, 15) is 0 Å². The summed E-state index contributed by atoms with van der Waals surface area (Å²) >= 11 is -3.06. The summed E-state index contributed by atoms with van der Waals surface area (Å²) < 4.78 is 0. The summed E-state index contributed by atoms with van der Waals surface area (Å²) in [5.41, 5.74) is 0. The summed E-state index contributed by atoms with van der Waals surface area (Å²) in [6.45, 7) is 0. The van der Waals surface area contributed by atoms with Crippen LogP contribution >= 0.6 is 37.7 Å². The molecule has 0 aliphatic rings. The molecule has 0 unspecified atom stereocenters. The number of rotatable bonds is 0. The SMILES string of the molecule is N.N.[Cl][Pt+2]([Cl])([Cl])[Cl]. The van der Waals surface area contributed by atoms with Crippen LogP contribution in [0.3, 0.4) is 0 Å². The van der Waals surface area contributed by atoms with Gasteiger partial charge in [-0.25, -0.2) is 0 Å². The molecule has 0 atom stereocenters. The van der Waals surface area contributed by atoms with E-state index in [4.69, 9.17) is 37.7 Å². The molecule has 0 aliphatic heterocycles. The first kappa shape index (κ1) is 15.9. The van der Waals surface area contributed by atoms with E-state index in [1.807, 2.05) is 0 Å². The Morgan fingerprint density at radius 2 is 0.714 bits per heavy atom. The van der Waals surface area contributed by atoms with Gasteiger partial charge in [0.05, 0.1) is 0 Å². The van der Waals surface area contributed by atoms with Crippen molar-refractivity contribution < 1.29 is 11.9 Å². The van der Waals surface area contributed by atoms with Gasteiger partial charge in [-0.3, -0.25) is 0 Å². The van der Waals surface area contributed by atoms with Gasteiger partial charge in [-0.15, -0.1) is 0 Å². The Kier molecular flexibility index (Phi) is 13.4. The third-order valence-electron chi connectivity index (χ3n) is 0. The van der Waals surface area contributed by atoms with Crippen LogP contribution in [0, 0.1) is 0 Å². The number of hydrogen-bond donors (Lipinski definition) is 2. The Morgan fingerprint density at radius 1 is 0.714 bits per heavy atom. The molecule has 0 fully saturated rings. The van der Waals surface area contributed by atoms with Crippen molar-refractivity contribution in [1.82, 2.24) is 12.3 Å². The maximum absolute atomic E-state index is 5.01. The van der Waals surface area contributed by atoms with Crippen molar-refractivity contribution in [2.75, 3.05) is 0 Å². The molecule has 0 saturated carbocycles. The fourth-order valence-electron chi connectivity index (χ4n) is 0.